The van der Waals surface area contributed by atoms with Gasteiger partial charge >= 0.3 is 0 Å². The number of halogens is 1. The lowest BCUT2D eigenvalue weighted by molar-refractivity contribution is -0.120. The molecule has 0 aliphatic carbocycles. The number of nitrogens with one attached hydrogen (secondary N) is 1. The fourth-order valence-electron chi connectivity index (χ4n) is 1.67. The largest absolute Gasteiger partial charge is 0.349 e. The van der Waals surface area contributed by atoms with Gasteiger partial charge in [0.1, 0.15) is 0 Å². The molecule has 5 nitrogen and oxygen atoms in total. The van der Waals surface area contributed by atoms with Gasteiger partial charge in [-0.05, 0) is 32.8 Å². The summed E-state index contributed by atoms with van der Waals surface area (Å²) in [5.74, 6) is 0.531. The van der Waals surface area contributed by atoms with E-state index < -0.39 is 0 Å². The van der Waals surface area contributed by atoms with Crippen LogP contribution < -0.4 is 11.1 Å². The molecule has 1 atom stereocenters. The van der Waals surface area contributed by atoms with E-state index in [4.69, 9.17) is 5.73 Å². The van der Waals surface area contributed by atoms with Gasteiger partial charge in [-0.15, -0.1) is 12.4 Å². The van der Waals surface area contributed by atoms with Crippen molar-refractivity contribution >= 4 is 30.1 Å². The average molecular weight is 333 g/mol. The fraction of sp³-hybridized carbons (Fsp3) is 0.643. The molecule has 0 saturated carbocycles. The number of hydrogen-bond acceptors (Lipinski definition) is 5. The molecule has 1 rings (SSSR count). The molecule has 0 aliphatic rings. The van der Waals surface area contributed by atoms with Crippen molar-refractivity contribution in [1.82, 2.24) is 15.3 Å². The highest BCUT2D eigenvalue weighted by atomic mass is 35.5. The van der Waals surface area contributed by atoms with Crippen LogP contribution in [0, 0.1) is 19.8 Å². The zero-order valence-electron chi connectivity index (χ0n) is 13.3. The summed E-state index contributed by atoms with van der Waals surface area (Å²) < 4.78 is 0. The van der Waals surface area contributed by atoms with Gasteiger partial charge < -0.3 is 11.1 Å². The maximum atomic E-state index is 12.0. The highest BCUT2D eigenvalue weighted by Crippen LogP contribution is 2.17. The topological polar surface area (TPSA) is 80.9 Å². The molecule has 1 heterocycles. The summed E-state index contributed by atoms with van der Waals surface area (Å²) >= 11 is 1.34. The van der Waals surface area contributed by atoms with Gasteiger partial charge in [-0.25, -0.2) is 9.97 Å². The van der Waals surface area contributed by atoms with Crippen LogP contribution in [0.4, 0.5) is 0 Å². The molecule has 0 fully saturated rings. The van der Waals surface area contributed by atoms with Crippen molar-refractivity contribution < 1.29 is 4.79 Å². The minimum atomic E-state index is -0.374. The van der Waals surface area contributed by atoms with Crippen LogP contribution in [-0.4, -0.2) is 33.7 Å². The van der Waals surface area contributed by atoms with E-state index in [0.717, 1.165) is 11.4 Å². The monoisotopic (exact) mass is 332 g/mol. The maximum Gasteiger partial charge on any atom is 0.230 e. The van der Waals surface area contributed by atoms with Crippen molar-refractivity contribution in [3.05, 3.63) is 17.5 Å². The summed E-state index contributed by atoms with van der Waals surface area (Å²) in [5.41, 5.74) is 7.21. The number of thioether (sulfide) groups is 1. The Morgan fingerprint density at radius 1 is 1.38 bits per heavy atom. The zero-order valence-corrected chi connectivity index (χ0v) is 14.9. The first-order valence-corrected chi connectivity index (χ1v) is 7.71. The second kappa shape index (κ2) is 8.56. The Hall–Kier alpha value is -0.850. The second-order valence-electron chi connectivity index (χ2n) is 5.55. The number of aryl methyl sites for hydroxylation is 2. The zero-order chi connectivity index (χ0) is 15.3. The molecule has 0 saturated heterocycles. The average Bonchev–Trinajstić information content (AvgIpc) is 2.35. The van der Waals surface area contributed by atoms with Crippen LogP contribution in [0.2, 0.25) is 0 Å². The van der Waals surface area contributed by atoms with E-state index >= 15 is 0 Å². The van der Waals surface area contributed by atoms with Gasteiger partial charge in [0.25, 0.3) is 0 Å². The van der Waals surface area contributed by atoms with Crippen LogP contribution in [0.3, 0.4) is 0 Å². The smallest absolute Gasteiger partial charge is 0.230 e. The van der Waals surface area contributed by atoms with Crippen molar-refractivity contribution in [3.63, 3.8) is 0 Å². The first-order chi connectivity index (χ1) is 9.26. The van der Waals surface area contributed by atoms with Crippen molar-refractivity contribution in [3.8, 4) is 0 Å². The van der Waals surface area contributed by atoms with Crippen molar-refractivity contribution in [2.45, 2.75) is 45.3 Å². The number of carbonyl (C=O) groups excluding carboxylic acids is 1. The lowest BCUT2D eigenvalue weighted by Gasteiger charge is -2.33. The number of nitrogens with two attached hydrogens (primary N) is 1. The summed E-state index contributed by atoms with van der Waals surface area (Å²) in [6, 6.07) is 1.91. The van der Waals surface area contributed by atoms with Crippen molar-refractivity contribution in [2.75, 3.05) is 12.3 Å². The van der Waals surface area contributed by atoms with Crippen LogP contribution >= 0.6 is 24.2 Å². The summed E-state index contributed by atoms with van der Waals surface area (Å²) in [4.78, 5) is 20.6. The Bertz CT molecular complexity index is 464. The van der Waals surface area contributed by atoms with Gasteiger partial charge in [-0.3, -0.25) is 4.79 Å². The normalized spacial score (nSPS) is 13.5. The molecule has 7 heteroatoms. The van der Waals surface area contributed by atoms with E-state index in [2.05, 4.69) is 15.3 Å². The third-order valence-electron chi connectivity index (χ3n) is 3.42. The van der Waals surface area contributed by atoms with Crippen LogP contribution in [0.15, 0.2) is 11.2 Å². The summed E-state index contributed by atoms with van der Waals surface area (Å²) in [5, 5.41) is 3.64. The highest BCUT2D eigenvalue weighted by molar-refractivity contribution is 7.99. The number of amides is 1. The molecule has 1 unspecified atom stereocenters. The predicted molar refractivity (Wildman–Crippen MR) is 89.9 cm³/mol. The van der Waals surface area contributed by atoms with Crippen LogP contribution in [0.1, 0.15) is 32.2 Å². The number of aromatic nitrogens is 2. The maximum absolute atomic E-state index is 12.0. The lowest BCUT2D eigenvalue weighted by atomic mass is 9.88. The number of hydrogen-bond donors (Lipinski definition) is 2. The Morgan fingerprint density at radius 2 is 1.90 bits per heavy atom. The number of rotatable bonds is 6. The summed E-state index contributed by atoms with van der Waals surface area (Å²) in [6.07, 6.45) is 0. The molecule has 0 aliphatic heterocycles. The lowest BCUT2D eigenvalue weighted by Crippen LogP contribution is -2.55. The van der Waals surface area contributed by atoms with Gasteiger partial charge in [0.05, 0.1) is 11.3 Å². The van der Waals surface area contributed by atoms with Gasteiger partial charge in [0.2, 0.25) is 5.91 Å². The standard InChI is InChI=1S/C14H24N4OS.ClH/c1-9(2)14(5,8-15)18-12(19)7-20-13-16-10(3)6-11(4)17-13;/h6,9H,7-8,15H2,1-5H3,(H,18,19);1H. The van der Waals surface area contributed by atoms with E-state index in [-0.39, 0.29) is 29.8 Å². The highest BCUT2D eigenvalue weighted by Gasteiger charge is 2.28. The molecule has 3 N–H and O–H groups in total. The molecular formula is C14H25ClN4OS. The molecule has 120 valence electrons. The van der Waals surface area contributed by atoms with Gasteiger partial charge in [0.15, 0.2) is 5.16 Å². The third-order valence-corrected chi connectivity index (χ3v) is 4.26. The van der Waals surface area contributed by atoms with Crippen LogP contribution in [0.5, 0.6) is 0 Å². The Balaban J connectivity index is 0.00000400. The third kappa shape index (κ3) is 6.20. The predicted octanol–water partition coefficient (Wildman–Crippen LogP) is 2.10. The first kappa shape index (κ1) is 20.1. The second-order valence-corrected chi connectivity index (χ2v) is 6.49. The number of nitrogens with zero attached hydrogens (tertiary/aromatic N) is 2. The molecule has 1 aromatic rings. The molecule has 1 aromatic heterocycles. The molecule has 0 aromatic carbocycles. The van der Waals surface area contributed by atoms with Crippen LogP contribution in [-0.2, 0) is 4.79 Å². The Morgan fingerprint density at radius 3 is 2.33 bits per heavy atom. The minimum Gasteiger partial charge on any atom is -0.349 e. The van der Waals surface area contributed by atoms with Gasteiger partial charge in [-0.2, -0.15) is 0 Å². The quantitative estimate of drug-likeness (QED) is 0.616. The van der Waals surface area contributed by atoms with Crippen molar-refractivity contribution in [2.24, 2.45) is 11.7 Å². The molecule has 21 heavy (non-hydrogen) atoms. The van der Waals surface area contributed by atoms with E-state index in [1.807, 2.05) is 40.7 Å². The van der Waals surface area contributed by atoms with E-state index in [0.29, 0.717) is 17.5 Å². The molecule has 0 spiro atoms. The van der Waals surface area contributed by atoms with E-state index in [9.17, 15) is 4.79 Å². The SMILES string of the molecule is Cc1cc(C)nc(SCC(=O)NC(C)(CN)C(C)C)n1.Cl. The summed E-state index contributed by atoms with van der Waals surface area (Å²) in [6.45, 7) is 10.3. The molecule has 0 radical (unpaired) electrons. The Kier molecular flexibility index (Phi) is 8.21. The molecule has 1 amide bonds. The fourth-order valence-corrected chi connectivity index (χ4v) is 2.42. The van der Waals surface area contributed by atoms with Crippen molar-refractivity contribution in [1.29, 1.82) is 0 Å². The number of carbonyl (C=O) groups is 1. The van der Waals surface area contributed by atoms with Crippen LogP contribution in [0.25, 0.3) is 0 Å². The minimum absolute atomic E-state index is 0. The van der Waals surface area contributed by atoms with Gasteiger partial charge in [0, 0.05) is 17.9 Å². The molecular weight excluding hydrogens is 308 g/mol. The van der Waals surface area contributed by atoms with Gasteiger partial charge in [-0.1, -0.05) is 25.6 Å². The van der Waals surface area contributed by atoms with E-state index in [1.54, 1.807) is 0 Å². The molecule has 0 bridgehead atoms. The summed E-state index contributed by atoms with van der Waals surface area (Å²) in [7, 11) is 0. The Labute approximate surface area is 137 Å². The first-order valence-electron chi connectivity index (χ1n) is 6.73. The van der Waals surface area contributed by atoms with E-state index in [1.165, 1.54) is 11.8 Å².